The van der Waals surface area contributed by atoms with Gasteiger partial charge < -0.3 is 0 Å². The summed E-state index contributed by atoms with van der Waals surface area (Å²) in [4.78, 5) is 1.33. The Bertz CT molecular complexity index is 419. The van der Waals surface area contributed by atoms with E-state index in [4.69, 9.17) is 0 Å². The van der Waals surface area contributed by atoms with E-state index >= 15 is 0 Å². The van der Waals surface area contributed by atoms with Crippen molar-refractivity contribution in [3.63, 3.8) is 0 Å². The van der Waals surface area contributed by atoms with Crippen LogP contribution in [0, 0.1) is 18.4 Å². The fraction of sp³-hybridized carbons (Fsp3) is 0.429. The molecule has 0 spiro atoms. The minimum Gasteiger partial charge on any atom is -0.127 e. The topological polar surface area (TPSA) is 0 Å². The van der Waals surface area contributed by atoms with Crippen molar-refractivity contribution in [3.05, 3.63) is 29.3 Å². The first kappa shape index (κ1) is 13.4. The third kappa shape index (κ3) is 4.47. The predicted octanol–water partition coefficient (Wildman–Crippen LogP) is 4.34. The maximum Gasteiger partial charge on any atom is 0.129 e. The molecule has 0 N–H and O–H groups in total. The van der Waals surface area contributed by atoms with E-state index in [0.29, 0.717) is 0 Å². The van der Waals surface area contributed by atoms with Crippen LogP contribution in [0.4, 0.5) is 0 Å². The Morgan fingerprint density at radius 1 is 1.25 bits per heavy atom. The zero-order chi connectivity index (χ0) is 12.2. The number of aryl methyl sites for hydroxylation is 1. The van der Waals surface area contributed by atoms with E-state index in [-0.39, 0.29) is 0 Å². The van der Waals surface area contributed by atoms with Gasteiger partial charge in [0.2, 0.25) is 0 Å². The Labute approximate surface area is 105 Å². The molecule has 0 saturated heterocycles. The largest absolute Gasteiger partial charge is 0.129 e. The second kappa shape index (κ2) is 5.61. The lowest BCUT2D eigenvalue weighted by Gasteiger charge is -2.06. The highest BCUT2D eigenvalue weighted by Gasteiger charge is 2.08. The molecule has 0 fully saturated rings. The van der Waals surface area contributed by atoms with Crippen LogP contribution in [0.15, 0.2) is 23.1 Å². The summed E-state index contributed by atoms with van der Waals surface area (Å²) in [6.07, 6.45) is 0. The van der Waals surface area contributed by atoms with Crippen molar-refractivity contribution >= 4 is 19.8 Å². The van der Waals surface area contributed by atoms with Gasteiger partial charge in [0, 0.05) is 10.5 Å². The molecule has 0 aromatic heterocycles. The molecule has 0 radical (unpaired) electrons. The molecular formula is C14H20SSi. The molecule has 0 amide bonds. The van der Waals surface area contributed by atoms with Crippen LogP contribution in [0.5, 0.6) is 0 Å². The molecule has 16 heavy (non-hydrogen) atoms. The summed E-state index contributed by atoms with van der Waals surface area (Å²) in [6.45, 7) is 11.2. The van der Waals surface area contributed by atoms with Crippen LogP contribution < -0.4 is 0 Å². The molecule has 0 saturated carbocycles. The molecule has 0 aliphatic heterocycles. The number of hydrogen-bond donors (Lipinski definition) is 0. The maximum absolute atomic E-state index is 3.43. The molecule has 1 rings (SSSR count). The normalized spacial score (nSPS) is 10.8. The zero-order valence-corrected chi connectivity index (χ0v) is 12.7. The van der Waals surface area contributed by atoms with E-state index in [1.165, 1.54) is 16.0 Å². The van der Waals surface area contributed by atoms with Crippen LogP contribution in [0.3, 0.4) is 0 Å². The van der Waals surface area contributed by atoms with Crippen LogP contribution in [0.25, 0.3) is 0 Å². The van der Waals surface area contributed by atoms with Gasteiger partial charge in [-0.2, -0.15) is 0 Å². The van der Waals surface area contributed by atoms with Crippen molar-refractivity contribution in [2.45, 2.75) is 38.4 Å². The lowest BCUT2D eigenvalue weighted by molar-refractivity contribution is 1.33. The van der Waals surface area contributed by atoms with E-state index < -0.39 is 8.07 Å². The summed E-state index contributed by atoms with van der Waals surface area (Å²) in [5, 5.41) is 0. The van der Waals surface area contributed by atoms with Gasteiger partial charge in [0.15, 0.2) is 0 Å². The Balaban J connectivity index is 3.06. The Morgan fingerprint density at radius 3 is 2.50 bits per heavy atom. The first-order valence-electron chi connectivity index (χ1n) is 5.69. The van der Waals surface area contributed by atoms with Crippen molar-refractivity contribution < 1.29 is 0 Å². The van der Waals surface area contributed by atoms with Crippen molar-refractivity contribution in [1.29, 1.82) is 0 Å². The third-order valence-electron chi connectivity index (χ3n) is 2.01. The van der Waals surface area contributed by atoms with Gasteiger partial charge in [-0.1, -0.05) is 38.6 Å². The molecule has 0 unspecified atom stereocenters. The van der Waals surface area contributed by atoms with E-state index in [0.717, 1.165) is 5.75 Å². The highest BCUT2D eigenvalue weighted by Crippen LogP contribution is 2.23. The van der Waals surface area contributed by atoms with E-state index in [1.54, 1.807) is 0 Å². The molecule has 0 heterocycles. The average molecular weight is 248 g/mol. The van der Waals surface area contributed by atoms with Gasteiger partial charge in [-0.05, 0) is 30.4 Å². The molecule has 0 aliphatic carbocycles. The minimum absolute atomic E-state index is 1.10. The summed E-state index contributed by atoms with van der Waals surface area (Å²) >= 11 is 1.88. The van der Waals surface area contributed by atoms with Crippen molar-refractivity contribution in [1.82, 2.24) is 0 Å². The van der Waals surface area contributed by atoms with Gasteiger partial charge >= 0.3 is 0 Å². The van der Waals surface area contributed by atoms with Gasteiger partial charge in [0.25, 0.3) is 0 Å². The van der Waals surface area contributed by atoms with Gasteiger partial charge in [-0.15, -0.1) is 17.3 Å². The second-order valence-electron chi connectivity index (χ2n) is 4.93. The smallest absolute Gasteiger partial charge is 0.127 e. The van der Waals surface area contributed by atoms with Gasteiger partial charge in [-0.3, -0.25) is 0 Å². The highest BCUT2D eigenvalue weighted by atomic mass is 32.2. The lowest BCUT2D eigenvalue weighted by atomic mass is 10.2. The third-order valence-corrected chi connectivity index (χ3v) is 3.82. The molecular weight excluding hydrogens is 228 g/mol. The summed E-state index contributed by atoms with van der Waals surface area (Å²) in [5.41, 5.74) is 5.94. The number of thioether (sulfide) groups is 1. The number of rotatable bonds is 2. The highest BCUT2D eigenvalue weighted by molar-refractivity contribution is 7.99. The Morgan fingerprint density at radius 2 is 1.94 bits per heavy atom. The van der Waals surface area contributed by atoms with Crippen LogP contribution in [-0.4, -0.2) is 13.8 Å². The lowest BCUT2D eigenvalue weighted by Crippen LogP contribution is -2.16. The summed E-state index contributed by atoms with van der Waals surface area (Å²) < 4.78 is 0. The molecule has 1 aromatic rings. The molecule has 0 atom stereocenters. The maximum atomic E-state index is 3.43. The van der Waals surface area contributed by atoms with Crippen molar-refractivity contribution in [2.75, 3.05) is 5.75 Å². The average Bonchev–Trinajstić information content (AvgIpc) is 2.15. The molecule has 1 aromatic carbocycles. The van der Waals surface area contributed by atoms with E-state index in [1.807, 2.05) is 11.8 Å². The number of benzene rings is 1. The first-order chi connectivity index (χ1) is 7.42. The van der Waals surface area contributed by atoms with Gasteiger partial charge in [0.1, 0.15) is 8.07 Å². The fourth-order valence-electron chi connectivity index (χ4n) is 1.26. The fourth-order valence-corrected chi connectivity index (χ4v) is 2.63. The van der Waals surface area contributed by atoms with Crippen LogP contribution in [0.2, 0.25) is 19.6 Å². The van der Waals surface area contributed by atoms with Gasteiger partial charge in [-0.25, -0.2) is 0 Å². The van der Waals surface area contributed by atoms with E-state index in [2.05, 4.69) is 63.2 Å². The molecule has 0 nitrogen and oxygen atoms in total. The summed E-state index contributed by atoms with van der Waals surface area (Å²) in [6, 6.07) is 6.54. The molecule has 0 aliphatic rings. The zero-order valence-electron chi connectivity index (χ0n) is 10.8. The minimum atomic E-state index is -1.27. The monoisotopic (exact) mass is 248 g/mol. The Kier molecular flexibility index (Phi) is 4.70. The van der Waals surface area contributed by atoms with E-state index in [9.17, 15) is 0 Å². The summed E-state index contributed by atoms with van der Waals surface area (Å²) in [5.74, 6) is 4.46. The van der Waals surface area contributed by atoms with Crippen LogP contribution in [-0.2, 0) is 0 Å². The SMILES string of the molecule is CCSc1cc(C)ccc1C#C[Si](C)(C)C. The summed E-state index contributed by atoms with van der Waals surface area (Å²) in [7, 11) is -1.27. The molecule has 2 heteroatoms. The quantitative estimate of drug-likeness (QED) is 0.426. The predicted molar refractivity (Wildman–Crippen MR) is 77.8 cm³/mol. The molecule has 0 bridgehead atoms. The molecule has 86 valence electrons. The van der Waals surface area contributed by atoms with Crippen LogP contribution in [0.1, 0.15) is 18.1 Å². The Hall–Kier alpha value is -0.653. The van der Waals surface area contributed by atoms with Crippen molar-refractivity contribution in [2.24, 2.45) is 0 Å². The van der Waals surface area contributed by atoms with Gasteiger partial charge in [0.05, 0.1) is 0 Å². The number of hydrogen-bond acceptors (Lipinski definition) is 1. The first-order valence-corrected chi connectivity index (χ1v) is 10.2. The second-order valence-corrected chi connectivity index (χ2v) is 11.0. The van der Waals surface area contributed by atoms with Crippen LogP contribution >= 0.6 is 11.8 Å². The van der Waals surface area contributed by atoms with Crippen molar-refractivity contribution in [3.8, 4) is 11.5 Å². The standard InChI is InChI=1S/C14H20SSi/c1-6-15-14-11-12(2)7-8-13(14)9-10-16(3,4)5/h7-8,11H,6H2,1-5H3.